The molecule has 6 heteroatoms. The van der Waals surface area contributed by atoms with Crippen LogP contribution >= 0.6 is 11.2 Å². The van der Waals surface area contributed by atoms with Gasteiger partial charge in [0, 0.05) is 0 Å². The Morgan fingerprint density at radius 2 is 1.59 bits per heavy atom. The molecule has 1 aromatic carbocycles. The van der Waals surface area contributed by atoms with Crippen LogP contribution in [0.5, 0.6) is 0 Å². The molecule has 3 atom stereocenters. The number of hydrogen-bond donors (Lipinski definition) is 0. The van der Waals surface area contributed by atoms with Crippen LogP contribution in [0.2, 0.25) is 0 Å². The zero-order valence-corrected chi connectivity index (χ0v) is 18.0. The maximum Gasteiger partial charge on any atom is 0.237 e. The fraction of sp³-hybridized carbons (Fsp3) is 0.739. The van der Waals surface area contributed by atoms with Crippen molar-refractivity contribution in [3.8, 4) is 0 Å². The van der Waals surface area contributed by atoms with Crippen LogP contribution in [0.25, 0.3) is 0 Å². The van der Waals surface area contributed by atoms with Gasteiger partial charge in [0.05, 0.1) is 4.90 Å². The average molecular weight is 437 g/mol. The van der Waals surface area contributed by atoms with E-state index in [1.807, 2.05) is 0 Å². The van der Waals surface area contributed by atoms with E-state index in [0.717, 1.165) is 43.0 Å². The summed E-state index contributed by atoms with van der Waals surface area (Å²) in [5.74, 6) is 1.46. The van der Waals surface area contributed by atoms with Crippen LogP contribution in [0, 0.1) is 17.8 Å². The Morgan fingerprint density at radius 1 is 0.931 bits per heavy atom. The summed E-state index contributed by atoms with van der Waals surface area (Å²) in [6.45, 7) is 2.21. The Balaban J connectivity index is 1.55. The molecule has 29 heavy (non-hydrogen) atoms. The lowest BCUT2D eigenvalue weighted by atomic mass is 9.66. The van der Waals surface area contributed by atoms with Gasteiger partial charge >= 0.3 is 0 Å². The Labute approximate surface area is 173 Å². The molecule has 2 aliphatic carbocycles. The van der Waals surface area contributed by atoms with Gasteiger partial charge in [0.25, 0.3) is 0 Å². The fourth-order valence-corrected chi connectivity index (χ4v) is 5.84. The van der Waals surface area contributed by atoms with E-state index < -0.39 is 27.9 Å². The number of hydrogen-bond acceptors (Lipinski definition) is 0. The summed E-state index contributed by atoms with van der Waals surface area (Å²) in [4.78, 5) is -0.746. The molecule has 0 saturated heterocycles. The molecule has 2 saturated carbocycles. The van der Waals surface area contributed by atoms with Gasteiger partial charge in [0.2, 0.25) is 11.2 Å². The van der Waals surface area contributed by atoms with Gasteiger partial charge in [0.15, 0.2) is 5.67 Å². The lowest BCUT2D eigenvalue weighted by Gasteiger charge is -2.42. The molecule has 0 radical (unpaired) electrons. The largest absolute Gasteiger partial charge is 0.244 e. The summed E-state index contributed by atoms with van der Waals surface area (Å²) in [5.41, 5.74) is -2.11. The quantitative estimate of drug-likeness (QED) is 0.295. The highest BCUT2D eigenvalue weighted by Gasteiger charge is 2.47. The molecule has 1 aromatic rings. The molecule has 0 bridgehead atoms. The standard InChI is InChI=1S/C23H33F5S/c1-2-3-4-5-17-6-8-18(9-7-17)19-14-15-23(25,22(24)16-19)20-10-12-21(13-11-20)29(26,27)28/h10-13,17-19,22H,2-9,14-16H2,1H3. The van der Waals surface area contributed by atoms with E-state index in [-0.39, 0.29) is 24.3 Å². The first-order valence-corrected chi connectivity index (χ1v) is 12.4. The normalized spacial score (nSPS) is 34.1. The lowest BCUT2D eigenvalue weighted by molar-refractivity contribution is -0.0274. The molecule has 0 spiro atoms. The number of halogens is 5. The SMILES string of the molecule is CCCCCC1CCC(C2CCC(F)(c3ccc(S(F)(F)F)cc3)C(F)C2)CC1. The Kier molecular flexibility index (Phi) is 7.56. The molecular weight excluding hydrogens is 403 g/mol. The molecule has 0 N–H and O–H groups in total. The third kappa shape index (κ3) is 5.48. The summed E-state index contributed by atoms with van der Waals surface area (Å²) in [6.07, 6.45) is 8.95. The monoisotopic (exact) mass is 436 g/mol. The van der Waals surface area contributed by atoms with Gasteiger partial charge in [-0.25, -0.2) is 8.78 Å². The minimum atomic E-state index is -5.34. The van der Waals surface area contributed by atoms with Gasteiger partial charge in [0.1, 0.15) is 6.17 Å². The molecule has 2 fully saturated rings. The van der Waals surface area contributed by atoms with Gasteiger partial charge in [-0.3, -0.25) is 0 Å². The Bertz CT molecular complexity index is 636. The summed E-state index contributed by atoms with van der Waals surface area (Å²) < 4.78 is 68.9. The van der Waals surface area contributed by atoms with Crippen LogP contribution in [0.3, 0.4) is 0 Å². The van der Waals surface area contributed by atoms with Crippen LogP contribution in [-0.4, -0.2) is 6.17 Å². The van der Waals surface area contributed by atoms with E-state index in [1.54, 1.807) is 0 Å². The molecule has 166 valence electrons. The Morgan fingerprint density at radius 3 is 2.14 bits per heavy atom. The molecule has 3 unspecified atom stereocenters. The summed E-state index contributed by atoms with van der Waals surface area (Å²) >= 11 is -5.34. The second-order valence-electron chi connectivity index (χ2n) is 9.07. The molecule has 0 heterocycles. The zero-order valence-electron chi connectivity index (χ0n) is 17.2. The summed E-state index contributed by atoms with van der Waals surface area (Å²) in [5, 5.41) is 0. The van der Waals surface area contributed by atoms with E-state index in [9.17, 15) is 16.0 Å². The molecule has 0 aromatic heterocycles. The maximum atomic E-state index is 15.5. The van der Waals surface area contributed by atoms with Crippen LogP contribution in [0.15, 0.2) is 29.2 Å². The van der Waals surface area contributed by atoms with E-state index in [0.29, 0.717) is 12.3 Å². The van der Waals surface area contributed by atoms with Gasteiger partial charge in [-0.2, -0.15) is 0 Å². The van der Waals surface area contributed by atoms with Crippen molar-refractivity contribution in [3.63, 3.8) is 0 Å². The first-order valence-electron chi connectivity index (χ1n) is 11.1. The summed E-state index contributed by atoms with van der Waals surface area (Å²) in [6, 6.07) is 4.05. The zero-order chi connectivity index (χ0) is 21.1. The first-order chi connectivity index (χ1) is 13.7. The fourth-order valence-electron chi connectivity index (χ4n) is 5.39. The third-order valence-electron chi connectivity index (χ3n) is 7.26. The van der Waals surface area contributed by atoms with Gasteiger partial charge in [-0.1, -0.05) is 57.6 Å². The van der Waals surface area contributed by atoms with Crippen LogP contribution in [0.4, 0.5) is 20.4 Å². The number of benzene rings is 1. The Hall–Kier alpha value is -0.780. The molecular formula is C23H33F5S. The minimum Gasteiger partial charge on any atom is -0.244 e. The third-order valence-corrected chi connectivity index (χ3v) is 8.07. The molecule has 0 aliphatic heterocycles. The predicted molar refractivity (Wildman–Crippen MR) is 110 cm³/mol. The number of alkyl halides is 2. The van der Waals surface area contributed by atoms with E-state index in [1.165, 1.54) is 38.5 Å². The highest BCUT2D eigenvalue weighted by Crippen LogP contribution is 2.61. The van der Waals surface area contributed by atoms with Crippen molar-refractivity contribution >= 4 is 11.2 Å². The van der Waals surface area contributed by atoms with Crippen LogP contribution < -0.4 is 0 Å². The van der Waals surface area contributed by atoms with Gasteiger partial charge in [-0.05, 0) is 67.6 Å². The van der Waals surface area contributed by atoms with Crippen molar-refractivity contribution in [2.45, 2.75) is 94.3 Å². The van der Waals surface area contributed by atoms with Crippen molar-refractivity contribution in [1.82, 2.24) is 0 Å². The topological polar surface area (TPSA) is 0 Å². The van der Waals surface area contributed by atoms with Crippen molar-refractivity contribution in [3.05, 3.63) is 29.8 Å². The molecule has 0 amide bonds. The molecule has 0 nitrogen and oxygen atoms in total. The smallest absolute Gasteiger partial charge is 0.237 e. The van der Waals surface area contributed by atoms with Crippen LogP contribution in [-0.2, 0) is 5.67 Å². The van der Waals surface area contributed by atoms with Crippen molar-refractivity contribution in [2.24, 2.45) is 17.8 Å². The summed E-state index contributed by atoms with van der Waals surface area (Å²) in [7, 11) is 0. The van der Waals surface area contributed by atoms with E-state index in [2.05, 4.69) is 6.92 Å². The van der Waals surface area contributed by atoms with E-state index >= 15 is 4.39 Å². The van der Waals surface area contributed by atoms with Crippen molar-refractivity contribution in [1.29, 1.82) is 0 Å². The van der Waals surface area contributed by atoms with Gasteiger partial charge in [-0.15, -0.1) is 11.7 Å². The van der Waals surface area contributed by atoms with Crippen LogP contribution in [0.1, 0.15) is 83.1 Å². The van der Waals surface area contributed by atoms with Crippen molar-refractivity contribution in [2.75, 3.05) is 0 Å². The molecule has 2 aliphatic rings. The second-order valence-corrected chi connectivity index (χ2v) is 10.4. The molecule has 3 rings (SSSR count). The number of rotatable bonds is 7. The van der Waals surface area contributed by atoms with Crippen molar-refractivity contribution < 1.29 is 20.4 Å². The second kappa shape index (κ2) is 9.57. The van der Waals surface area contributed by atoms with Gasteiger partial charge < -0.3 is 0 Å². The maximum absolute atomic E-state index is 15.5. The predicted octanol–water partition coefficient (Wildman–Crippen LogP) is 9.19. The number of unbranched alkanes of at least 4 members (excludes halogenated alkanes) is 2. The minimum absolute atomic E-state index is 0.0514. The average Bonchev–Trinajstić information content (AvgIpc) is 2.70. The first kappa shape index (κ1) is 22.9. The van der Waals surface area contributed by atoms with E-state index in [4.69, 9.17) is 0 Å². The lowest BCUT2D eigenvalue weighted by Crippen LogP contribution is -2.40. The highest BCUT2D eigenvalue weighted by molar-refractivity contribution is 8.20. The highest BCUT2D eigenvalue weighted by atomic mass is 32.3.